The van der Waals surface area contributed by atoms with Crippen molar-refractivity contribution in [1.29, 1.82) is 0 Å². The van der Waals surface area contributed by atoms with Crippen LogP contribution in [-0.2, 0) is 18.4 Å². The largest absolute Gasteiger partial charge is 0.384 e. The van der Waals surface area contributed by atoms with Crippen molar-refractivity contribution in [3.8, 4) is 0 Å². The maximum Gasteiger partial charge on any atom is 0.126 e. The van der Waals surface area contributed by atoms with Crippen molar-refractivity contribution in [3.63, 3.8) is 0 Å². The number of rotatable bonds is 5. The lowest BCUT2D eigenvalue weighted by atomic mass is 9.95. The maximum absolute atomic E-state index is 6.22. The molecule has 0 bridgehead atoms. The second kappa shape index (κ2) is 5.80. The fourth-order valence-electron chi connectivity index (χ4n) is 1.92. The zero-order valence-electron chi connectivity index (χ0n) is 11.7. The van der Waals surface area contributed by atoms with Gasteiger partial charge in [0.1, 0.15) is 11.6 Å². The molecule has 0 fully saturated rings. The molecule has 0 unspecified atom stereocenters. The van der Waals surface area contributed by atoms with Gasteiger partial charge in [0.2, 0.25) is 0 Å². The van der Waals surface area contributed by atoms with Gasteiger partial charge in [0.05, 0.1) is 5.69 Å². The highest BCUT2D eigenvalue weighted by atomic mass is 32.2. The van der Waals surface area contributed by atoms with E-state index in [-0.39, 0.29) is 5.41 Å². The summed E-state index contributed by atoms with van der Waals surface area (Å²) in [6, 6.07) is 0. The number of aromatic nitrogens is 2. The van der Waals surface area contributed by atoms with Gasteiger partial charge in [-0.1, -0.05) is 27.7 Å². The minimum Gasteiger partial charge on any atom is -0.384 e. The summed E-state index contributed by atoms with van der Waals surface area (Å²) in [7, 11) is 0. The molecule has 0 amide bonds. The summed E-state index contributed by atoms with van der Waals surface area (Å²) in [4.78, 5) is 4.76. The van der Waals surface area contributed by atoms with E-state index in [4.69, 9.17) is 10.7 Å². The molecular formula is C13H25N3S. The minimum absolute atomic E-state index is 0.0564. The van der Waals surface area contributed by atoms with Gasteiger partial charge < -0.3 is 10.3 Å². The molecule has 2 N–H and O–H groups in total. The van der Waals surface area contributed by atoms with Crippen LogP contribution in [0.25, 0.3) is 0 Å². The van der Waals surface area contributed by atoms with Crippen LogP contribution in [0, 0.1) is 0 Å². The smallest absolute Gasteiger partial charge is 0.126 e. The van der Waals surface area contributed by atoms with E-state index in [0.29, 0.717) is 0 Å². The highest BCUT2D eigenvalue weighted by Gasteiger charge is 2.24. The third kappa shape index (κ3) is 3.41. The first-order chi connectivity index (χ1) is 7.91. The van der Waals surface area contributed by atoms with Gasteiger partial charge >= 0.3 is 0 Å². The van der Waals surface area contributed by atoms with Crippen LogP contribution in [-0.4, -0.2) is 21.6 Å². The Kier molecular flexibility index (Phi) is 4.92. The Balaban J connectivity index is 3.10. The number of thioether (sulfide) groups is 1. The van der Waals surface area contributed by atoms with Gasteiger partial charge in [-0.15, -0.1) is 0 Å². The van der Waals surface area contributed by atoms with Gasteiger partial charge in [-0.3, -0.25) is 0 Å². The summed E-state index contributed by atoms with van der Waals surface area (Å²) in [5.41, 5.74) is 7.34. The number of anilines is 1. The number of nitrogens with two attached hydrogens (primary N) is 1. The van der Waals surface area contributed by atoms with Gasteiger partial charge in [-0.2, -0.15) is 11.8 Å². The first kappa shape index (κ1) is 14.4. The van der Waals surface area contributed by atoms with Crippen LogP contribution < -0.4 is 5.73 Å². The van der Waals surface area contributed by atoms with E-state index >= 15 is 0 Å². The van der Waals surface area contributed by atoms with Gasteiger partial charge in [-0.05, 0) is 18.4 Å². The molecule has 3 nitrogen and oxygen atoms in total. The van der Waals surface area contributed by atoms with Crippen molar-refractivity contribution >= 4 is 17.6 Å². The Morgan fingerprint density at radius 2 is 2.00 bits per heavy atom. The van der Waals surface area contributed by atoms with E-state index in [9.17, 15) is 0 Å². The van der Waals surface area contributed by atoms with Crippen LogP contribution in [0.1, 0.15) is 45.6 Å². The third-order valence-electron chi connectivity index (χ3n) is 2.74. The number of imidazole rings is 1. The van der Waals surface area contributed by atoms with Crippen LogP contribution in [0.4, 0.5) is 5.82 Å². The summed E-state index contributed by atoms with van der Waals surface area (Å²) in [5, 5.41) is 0. The molecule has 0 atom stereocenters. The quantitative estimate of drug-likeness (QED) is 0.879. The second-order valence-corrected chi connectivity index (χ2v) is 6.40. The molecular weight excluding hydrogens is 230 g/mol. The van der Waals surface area contributed by atoms with Gasteiger partial charge in [0, 0.05) is 18.4 Å². The standard InChI is InChI=1S/C13H25N3S/c1-6-8-16-11(14)10(7-9-17-5)15-12(16)13(2,3)4/h6-9,14H2,1-5H3. The zero-order valence-corrected chi connectivity index (χ0v) is 12.5. The summed E-state index contributed by atoms with van der Waals surface area (Å²) in [6.45, 7) is 9.72. The Morgan fingerprint density at radius 3 is 2.47 bits per heavy atom. The molecule has 0 saturated carbocycles. The van der Waals surface area contributed by atoms with Crippen molar-refractivity contribution in [1.82, 2.24) is 9.55 Å². The summed E-state index contributed by atoms with van der Waals surface area (Å²) in [5.74, 6) is 3.07. The van der Waals surface area contributed by atoms with Gasteiger partial charge in [0.15, 0.2) is 0 Å². The molecule has 0 radical (unpaired) electrons. The van der Waals surface area contributed by atoms with E-state index in [1.165, 1.54) is 0 Å². The normalized spacial score (nSPS) is 12.1. The number of hydrogen-bond donors (Lipinski definition) is 1. The van der Waals surface area contributed by atoms with Crippen LogP contribution in [0.5, 0.6) is 0 Å². The molecule has 0 saturated heterocycles. The lowest BCUT2D eigenvalue weighted by Crippen LogP contribution is -2.19. The number of aryl methyl sites for hydroxylation is 1. The topological polar surface area (TPSA) is 43.8 Å². The SMILES string of the molecule is CCCn1c(C(C)(C)C)nc(CCSC)c1N. The predicted molar refractivity (Wildman–Crippen MR) is 77.7 cm³/mol. The van der Waals surface area contributed by atoms with E-state index in [1.807, 2.05) is 11.8 Å². The van der Waals surface area contributed by atoms with Crippen LogP contribution in [0.15, 0.2) is 0 Å². The lowest BCUT2D eigenvalue weighted by molar-refractivity contribution is 0.497. The summed E-state index contributed by atoms with van der Waals surface area (Å²) in [6.07, 6.45) is 4.17. The molecule has 1 aromatic heterocycles. The Morgan fingerprint density at radius 1 is 1.35 bits per heavy atom. The van der Waals surface area contributed by atoms with Crippen molar-refractivity contribution < 1.29 is 0 Å². The molecule has 98 valence electrons. The second-order valence-electron chi connectivity index (χ2n) is 5.41. The molecule has 1 aromatic rings. The van der Waals surface area contributed by atoms with Crippen LogP contribution in [0.2, 0.25) is 0 Å². The summed E-state index contributed by atoms with van der Waals surface area (Å²) < 4.78 is 2.19. The monoisotopic (exact) mass is 255 g/mol. The third-order valence-corrected chi connectivity index (χ3v) is 3.36. The maximum atomic E-state index is 6.22. The molecule has 0 aliphatic heterocycles. The fourth-order valence-corrected chi connectivity index (χ4v) is 2.32. The van der Waals surface area contributed by atoms with Crippen molar-refractivity contribution in [2.45, 2.75) is 52.5 Å². The van der Waals surface area contributed by atoms with E-state index in [2.05, 4.69) is 38.5 Å². The lowest BCUT2D eigenvalue weighted by Gasteiger charge is -2.19. The molecule has 0 aliphatic rings. The number of nitrogens with zero attached hydrogens (tertiary/aromatic N) is 2. The molecule has 1 heterocycles. The van der Waals surface area contributed by atoms with Crippen molar-refractivity contribution in [3.05, 3.63) is 11.5 Å². The average Bonchev–Trinajstić information content (AvgIpc) is 2.54. The molecule has 1 rings (SSSR count). The number of nitrogen functional groups attached to an aromatic ring is 1. The average molecular weight is 255 g/mol. The highest BCUT2D eigenvalue weighted by molar-refractivity contribution is 7.98. The first-order valence-electron chi connectivity index (χ1n) is 6.26. The van der Waals surface area contributed by atoms with Crippen molar-refractivity contribution in [2.75, 3.05) is 17.7 Å². The molecule has 17 heavy (non-hydrogen) atoms. The zero-order chi connectivity index (χ0) is 13.1. The Hall–Kier alpha value is -0.640. The number of hydrogen-bond acceptors (Lipinski definition) is 3. The first-order valence-corrected chi connectivity index (χ1v) is 7.65. The minimum atomic E-state index is 0.0564. The predicted octanol–water partition coefficient (Wildman–Crippen LogP) is 3.08. The molecule has 0 aliphatic carbocycles. The fraction of sp³-hybridized carbons (Fsp3) is 0.769. The van der Waals surface area contributed by atoms with E-state index in [1.54, 1.807) is 0 Å². The molecule has 0 spiro atoms. The van der Waals surface area contributed by atoms with Crippen LogP contribution >= 0.6 is 11.8 Å². The summed E-state index contributed by atoms with van der Waals surface area (Å²) >= 11 is 1.84. The van der Waals surface area contributed by atoms with Crippen LogP contribution in [0.3, 0.4) is 0 Å². The van der Waals surface area contributed by atoms with E-state index in [0.717, 1.165) is 42.5 Å². The molecule has 4 heteroatoms. The Bertz CT molecular complexity index is 363. The highest BCUT2D eigenvalue weighted by Crippen LogP contribution is 2.26. The Labute approximate surface area is 109 Å². The van der Waals surface area contributed by atoms with Gasteiger partial charge in [-0.25, -0.2) is 4.98 Å². The van der Waals surface area contributed by atoms with E-state index < -0.39 is 0 Å². The molecule has 0 aromatic carbocycles. The van der Waals surface area contributed by atoms with Crippen molar-refractivity contribution in [2.24, 2.45) is 0 Å². The van der Waals surface area contributed by atoms with Gasteiger partial charge in [0.25, 0.3) is 0 Å².